The third-order valence-electron chi connectivity index (χ3n) is 4.05. The second-order valence-electron chi connectivity index (χ2n) is 5.67. The molecule has 1 aromatic heterocycles. The van der Waals surface area contributed by atoms with E-state index in [0.29, 0.717) is 24.6 Å². The van der Waals surface area contributed by atoms with Crippen LogP contribution in [0.2, 0.25) is 0 Å². The zero-order valence-corrected chi connectivity index (χ0v) is 13.3. The Morgan fingerprint density at radius 3 is 2.87 bits per heavy atom. The highest BCUT2D eigenvalue weighted by atomic mass is 16.5. The molecule has 0 N–H and O–H groups in total. The summed E-state index contributed by atoms with van der Waals surface area (Å²) < 4.78 is 10.8. The standard InChI is InChI=1S/C17H21N3O3/c1-22-14-7-5-6-13(12-14)17-19-18-15(23-17)8-9-16(21)20-10-3-2-4-11-20/h5-7,12H,2-4,8-11H2,1H3. The molecule has 1 aliphatic heterocycles. The molecule has 6 nitrogen and oxygen atoms in total. The van der Waals surface area contributed by atoms with Gasteiger partial charge in [0.15, 0.2) is 0 Å². The van der Waals surface area contributed by atoms with Gasteiger partial charge >= 0.3 is 0 Å². The van der Waals surface area contributed by atoms with E-state index in [0.717, 1.165) is 37.2 Å². The highest BCUT2D eigenvalue weighted by molar-refractivity contribution is 5.76. The summed E-state index contributed by atoms with van der Waals surface area (Å²) in [5.41, 5.74) is 0.811. The normalized spacial score (nSPS) is 14.7. The van der Waals surface area contributed by atoms with Gasteiger partial charge in [0, 0.05) is 31.5 Å². The number of likely N-dealkylation sites (tertiary alicyclic amines) is 1. The number of benzene rings is 1. The Hall–Kier alpha value is -2.37. The van der Waals surface area contributed by atoms with Gasteiger partial charge in [-0.25, -0.2) is 0 Å². The van der Waals surface area contributed by atoms with E-state index in [4.69, 9.17) is 9.15 Å². The summed E-state index contributed by atoms with van der Waals surface area (Å²) in [7, 11) is 1.62. The lowest BCUT2D eigenvalue weighted by Gasteiger charge is -2.26. The van der Waals surface area contributed by atoms with Crippen molar-refractivity contribution in [1.82, 2.24) is 15.1 Å². The highest BCUT2D eigenvalue weighted by Gasteiger charge is 2.17. The SMILES string of the molecule is COc1cccc(-c2nnc(CCC(=O)N3CCCCC3)o2)c1. The topological polar surface area (TPSA) is 68.5 Å². The molecule has 0 aliphatic carbocycles. The number of carbonyl (C=O) groups excluding carboxylic acids is 1. The maximum absolute atomic E-state index is 12.2. The number of nitrogens with zero attached hydrogens (tertiary/aromatic N) is 3. The van der Waals surface area contributed by atoms with Crippen LogP contribution < -0.4 is 4.74 Å². The van der Waals surface area contributed by atoms with Crippen LogP contribution >= 0.6 is 0 Å². The van der Waals surface area contributed by atoms with Crippen molar-refractivity contribution in [3.8, 4) is 17.2 Å². The lowest BCUT2D eigenvalue weighted by atomic mass is 10.1. The third-order valence-corrected chi connectivity index (χ3v) is 4.05. The molecule has 6 heteroatoms. The molecule has 0 atom stereocenters. The molecular weight excluding hydrogens is 294 g/mol. The van der Waals surface area contributed by atoms with Crippen LogP contribution in [0.5, 0.6) is 5.75 Å². The molecule has 2 aromatic rings. The van der Waals surface area contributed by atoms with Gasteiger partial charge in [-0.15, -0.1) is 10.2 Å². The summed E-state index contributed by atoms with van der Waals surface area (Å²) in [5.74, 6) is 1.85. The van der Waals surface area contributed by atoms with Gasteiger partial charge in [-0.05, 0) is 37.5 Å². The molecule has 1 aliphatic rings. The molecule has 0 saturated carbocycles. The fourth-order valence-electron chi connectivity index (χ4n) is 2.74. The van der Waals surface area contributed by atoms with Crippen molar-refractivity contribution in [2.24, 2.45) is 0 Å². The van der Waals surface area contributed by atoms with Crippen molar-refractivity contribution in [3.05, 3.63) is 30.2 Å². The first-order chi connectivity index (χ1) is 11.3. The summed E-state index contributed by atoms with van der Waals surface area (Å²) in [6, 6.07) is 7.46. The number of rotatable bonds is 5. The molecule has 122 valence electrons. The van der Waals surface area contributed by atoms with Crippen molar-refractivity contribution in [3.63, 3.8) is 0 Å². The summed E-state index contributed by atoms with van der Waals surface area (Å²) >= 11 is 0. The average Bonchev–Trinajstić information content (AvgIpc) is 3.09. The Kier molecular flexibility index (Phi) is 4.90. The van der Waals surface area contributed by atoms with Crippen molar-refractivity contribution in [2.75, 3.05) is 20.2 Å². The zero-order valence-electron chi connectivity index (χ0n) is 13.3. The van der Waals surface area contributed by atoms with Crippen molar-refractivity contribution < 1.29 is 13.9 Å². The molecule has 1 fully saturated rings. The van der Waals surface area contributed by atoms with Crippen LogP contribution in [-0.4, -0.2) is 41.2 Å². The van der Waals surface area contributed by atoms with E-state index < -0.39 is 0 Å². The molecule has 23 heavy (non-hydrogen) atoms. The average molecular weight is 315 g/mol. The summed E-state index contributed by atoms with van der Waals surface area (Å²) in [4.78, 5) is 14.1. The van der Waals surface area contributed by atoms with Crippen LogP contribution in [-0.2, 0) is 11.2 Å². The van der Waals surface area contributed by atoms with E-state index in [1.807, 2.05) is 29.2 Å². The second kappa shape index (κ2) is 7.26. The monoisotopic (exact) mass is 315 g/mol. The number of hydrogen-bond acceptors (Lipinski definition) is 5. The molecule has 0 unspecified atom stereocenters. The number of hydrogen-bond donors (Lipinski definition) is 0. The molecular formula is C17H21N3O3. The first-order valence-corrected chi connectivity index (χ1v) is 8.01. The molecule has 0 radical (unpaired) electrons. The third kappa shape index (κ3) is 3.88. The van der Waals surface area contributed by atoms with E-state index in [-0.39, 0.29) is 5.91 Å². The minimum Gasteiger partial charge on any atom is -0.497 e. The highest BCUT2D eigenvalue weighted by Crippen LogP contribution is 2.23. The number of amides is 1. The van der Waals surface area contributed by atoms with E-state index in [9.17, 15) is 4.79 Å². The second-order valence-corrected chi connectivity index (χ2v) is 5.67. The van der Waals surface area contributed by atoms with E-state index in [1.165, 1.54) is 6.42 Å². The molecule has 1 aromatic carbocycles. The fourth-order valence-corrected chi connectivity index (χ4v) is 2.74. The van der Waals surface area contributed by atoms with Crippen LogP contribution in [0.4, 0.5) is 0 Å². The molecule has 0 bridgehead atoms. The molecule has 2 heterocycles. The molecule has 1 saturated heterocycles. The van der Waals surface area contributed by atoms with Gasteiger partial charge in [0.25, 0.3) is 0 Å². The Labute approximate surface area is 135 Å². The van der Waals surface area contributed by atoms with Gasteiger partial charge in [0.2, 0.25) is 17.7 Å². The van der Waals surface area contributed by atoms with Gasteiger partial charge in [0.05, 0.1) is 7.11 Å². The number of aromatic nitrogens is 2. The van der Waals surface area contributed by atoms with Gasteiger partial charge in [-0.2, -0.15) is 0 Å². The maximum atomic E-state index is 12.2. The first-order valence-electron chi connectivity index (χ1n) is 8.01. The van der Waals surface area contributed by atoms with Gasteiger partial charge in [0.1, 0.15) is 5.75 Å². The Morgan fingerprint density at radius 1 is 1.26 bits per heavy atom. The fraction of sp³-hybridized carbons (Fsp3) is 0.471. The first kappa shape index (κ1) is 15.5. The summed E-state index contributed by atoms with van der Waals surface area (Å²) in [6.07, 6.45) is 4.32. The van der Waals surface area contributed by atoms with Crippen LogP contribution in [0.1, 0.15) is 31.6 Å². The number of piperidine rings is 1. The number of aryl methyl sites for hydroxylation is 1. The molecule has 3 rings (SSSR count). The van der Waals surface area contributed by atoms with E-state index >= 15 is 0 Å². The lowest BCUT2D eigenvalue weighted by Crippen LogP contribution is -2.35. The Morgan fingerprint density at radius 2 is 2.09 bits per heavy atom. The van der Waals surface area contributed by atoms with Crippen LogP contribution in [0.25, 0.3) is 11.5 Å². The zero-order chi connectivity index (χ0) is 16.1. The predicted molar refractivity (Wildman–Crippen MR) is 85.0 cm³/mol. The minimum atomic E-state index is 0.172. The number of carbonyl (C=O) groups is 1. The molecule has 0 spiro atoms. The largest absolute Gasteiger partial charge is 0.497 e. The predicted octanol–water partition coefficient (Wildman–Crippen LogP) is 2.69. The lowest BCUT2D eigenvalue weighted by molar-refractivity contribution is -0.132. The summed E-state index contributed by atoms with van der Waals surface area (Å²) in [5, 5.41) is 8.09. The van der Waals surface area contributed by atoms with Gasteiger partial charge < -0.3 is 14.1 Å². The van der Waals surface area contributed by atoms with E-state index in [2.05, 4.69) is 10.2 Å². The molecule has 1 amide bonds. The van der Waals surface area contributed by atoms with Crippen LogP contribution in [0.15, 0.2) is 28.7 Å². The number of ether oxygens (including phenoxy) is 1. The maximum Gasteiger partial charge on any atom is 0.247 e. The van der Waals surface area contributed by atoms with Crippen LogP contribution in [0.3, 0.4) is 0 Å². The van der Waals surface area contributed by atoms with Gasteiger partial charge in [-0.3, -0.25) is 4.79 Å². The van der Waals surface area contributed by atoms with Gasteiger partial charge in [-0.1, -0.05) is 6.07 Å². The Balaban J connectivity index is 1.59. The quantitative estimate of drug-likeness (QED) is 0.848. The van der Waals surface area contributed by atoms with Crippen molar-refractivity contribution in [1.29, 1.82) is 0 Å². The van der Waals surface area contributed by atoms with Crippen LogP contribution in [0, 0.1) is 0 Å². The number of methoxy groups -OCH3 is 1. The summed E-state index contributed by atoms with van der Waals surface area (Å²) in [6.45, 7) is 1.75. The van der Waals surface area contributed by atoms with Crippen molar-refractivity contribution in [2.45, 2.75) is 32.1 Å². The van der Waals surface area contributed by atoms with E-state index in [1.54, 1.807) is 7.11 Å². The smallest absolute Gasteiger partial charge is 0.247 e. The minimum absolute atomic E-state index is 0.172. The van der Waals surface area contributed by atoms with Crippen molar-refractivity contribution >= 4 is 5.91 Å². The Bertz CT molecular complexity index is 663.